The lowest BCUT2D eigenvalue weighted by Crippen LogP contribution is -2.42. The zero-order chi connectivity index (χ0) is 13.7. The molecule has 0 aromatic rings. The van der Waals surface area contributed by atoms with E-state index in [1.54, 1.807) is 6.26 Å². The predicted molar refractivity (Wildman–Crippen MR) is 75.8 cm³/mol. The van der Waals surface area contributed by atoms with Crippen LogP contribution in [-0.2, 0) is 15.6 Å². The van der Waals surface area contributed by atoms with Gasteiger partial charge in [0.25, 0.3) is 0 Å². The summed E-state index contributed by atoms with van der Waals surface area (Å²) in [6.45, 7) is 6.22. The Labute approximate surface area is 113 Å². The van der Waals surface area contributed by atoms with Crippen molar-refractivity contribution in [3.05, 3.63) is 0 Å². The summed E-state index contributed by atoms with van der Waals surface area (Å²) in [6, 6.07) is 0.144. The van der Waals surface area contributed by atoms with Crippen molar-refractivity contribution in [1.29, 1.82) is 0 Å². The molecular weight excluding hydrogens is 248 g/mol. The molecule has 0 radical (unpaired) electrons. The second-order valence-electron chi connectivity index (χ2n) is 5.20. The standard InChI is InChI=1S/C13H26N2O2S/c1-5-6-7-12-13(16)15(11(3)14-12)10(2)8-9-18(4)17/h10-12,14H,5-9H2,1-4H3. The van der Waals surface area contributed by atoms with Crippen LogP contribution in [0.25, 0.3) is 0 Å². The highest BCUT2D eigenvalue weighted by Crippen LogP contribution is 2.19. The molecule has 0 bridgehead atoms. The lowest BCUT2D eigenvalue weighted by Gasteiger charge is -2.28. The Kier molecular flexibility index (Phi) is 6.29. The summed E-state index contributed by atoms with van der Waals surface area (Å²) in [7, 11) is -0.781. The van der Waals surface area contributed by atoms with Gasteiger partial charge in [-0.2, -0.15) is 0 Å². The Hall–Kier alpha value is -0.420. The van der Waals surface area contributed by atoms with Crippen LogP contribution in [-0.4, -0.2) is 45.3 Å². The molecule has 0 saturated carbocycles. The average molecular weight is 274 g/mol. The molecule has 1 aliphatic heterocycles. The molecule has 0 aliphatic carbocycles. The molecule has 4 atom stereocenters. The number of nitrogens with one attached hydrogen (secondary N) is 1. The minimum absolute atomic E-state index is 0.0190. The van der Waals surface area contributed by atoms with Gasteiger partial charge >= 0.3 is 0 Å². The van der Waals surface area contributed by atoms with Crippen molar-refractivity contribution in [3.63, 3.8) is 0 Å². The van der Waals surface area contributed by atoms with Gasteiger partial charge in [-0.15, -0.1) is 0 Å². The first-order valence-electron chi connectivity index (χ1n) is 6.85. The Morgan fingerprint density at radius 2 is 2.17 bits per heavy atom. The van der Waals surface area contributed by atoms with Crippen LogP contribution in [0.3, 0.4) is 0 Å². The summed E-state index contributed by atoms with van der Waals surface area (Å²) in [5.41, 5.74) is 0. The quantitative estimate of drug-likeness (QED) is 0.765. The summed E-state index contributed by atoms with van der Waals surface area (Å²) in [4.78, 5) is 14.2. The van der Waals surface area contributed by atoms with E-state index in [1.165, 1.54) is 0 Å². The lowest BCUT2D eigenvalue weighted by atomic mass is 10.1. The summed E-state index contributed by atoms with van der Waals surface area (Å²) < 4.78 is 11.1. The Balaban J connectivity index is 2.54. The van der Waals surface area contributed by atoms with E-state index in [1.807, 2.05) is 18.7 Å². The van der Waals surface area contributed by atoms with E-state index in [-0.39, 0.29) is 24.2 Å². The smallest absolute Gasteiger partial charge is 0.241 e. The first-order valence-corrected chi connectivity index (χ1v) is 8.58. The van der Waals surface area contributed by atoms with Gasteiger partial charge in [0.05, 0.1) is 12.2 Å². The fraction of sp³-hybridized carbons (Fsp3) is 0.923. The van der Waals surface area contributed by atoms with Crippen LogP contribution in [0.15, 0.2) is 0 Å². The highest BCUT2D eigenvalue weighted by Gasteiger charge is 2.38. The second-order valence-corrected chi connectivity index (χ2v) is 6.75. The van der Waals surface area contributed by atoms with E-state index in [0.717, 1.165) is 25.7 Å². The van der Waals surface area contributed by atoms with Gasteiger partial charge in [0.2, 0.25) is 5.91 Å². The minimum atomic E-state index is -0.781. The van der Waals surface area contributed by atoms with Gasteiger partial charge in [0, 0.05) is 28.9 Å². The molecule has 0 spiro atoms. The first kappa shape index (κ1) is 15.6. The minimum Gasteiger partial charge on any atom is -0.323 e. The predicted octanol–water partition coefficient (Wildman–Crippen LogP) is 1.48. The summed E-state index contributed by atoms with van der Waals surface area (Å²) in [5, 5.41) is 3.36. The van der Waals surface area contributed by atoms with Crippen LogP contribution in [0.2, 0.25) is 0 Å². The zero-order valence-corrected chi connectivity index (χ0v) is 12.8. The number of carbonyl (C=O) groups is 1. The molecule has 1 N–H and O–H groups in total. The van der Waals surface area contributed by atoms with E-state index in [0.29, 0.717) is 5.75 Å². The SMILES string of the molecule is CCCCC1NC(C)N(C(C)CCS(C)=O)C1=O. The van der Waals surface area contributed by atoms with Gasteiger partial charge in [-0.1, -0.05) is 19.8 Å². The maximum atomic E-state index is 12.3. The zero-order valence-electron chi connectivity index (χ0n) is 11.9. The molecule has 18 heavy (non-hydrogen) atoms. The molecule has 1 saturated heterocycles. The third kappa shape index (κ3) is 4.05. The van der Waals surface area contributed by atoms with Crippen molar-refractivity contribution >= 4 is 16.7 Å². The molecule has 4 nitrogen and oxygen atoms in total. The maximum absolute atomic E-state index is 12.3. The third-order valence-electron chi connectivity index (χ3n) is 3.56. The van der Waals surface area contributed by atoms with E-state index in [4.69, 9.17) is 0 Å². The van der Waals surface area contributed by atoms with Crippen LogP contribution >= 0.6 is 0 Å². The van der Waals surface area contributed by atoms with E-state index in [2.05, 4.69) is 12.2 Å². The average Bonchev–Trinajstić information content (AvgIpc) is 2.59. The molecule has 0 aromatic heterocycles. The largest absolute Gasteiger partial charge is 0.323 e. The summed E-state index contributed by atoms with van der Waals surface area (Å²) in [5.74, 6) is 0.877. The number of nitrogens with zero attached hydrogens (tertiary/aromatic N) is 1. The van der Waals surface area contributed by atoms with Crippen molar-refractivity contribution in [2.45, 2.75) is 64.7 Å². The number of hydrogen-bond donors (Lipinski definition) is 1. The fourth-order valence-electron chi connectivity index (χ4n) is 2.50. The molecule has 4 unspecified atom stereocenters. The highest BCUT2D eigenvalue weighted by molar-refractivity contribution is 7.84. The van der Waals surface area contributed by atoms with E-state index < -0.39 is 10.8 Å². The van der Waals surface area contributed by atoms with Crippen molar-refractivity contribution in [1.82, 2.24) is 10.2 Å². The highest BCUT2D eigenvalue weighted by atomic mass is 32.2. The van der Waals surface area contributed by atoms with Crippen LogP contribution < -0.4 is 5.32 Å². The normalized spacial score (nSPS) is 27.6. The van der Waals surface area contributed by atoms with Crippen molar-refractivity contribution < 1.29 is 9.00 Å². The van der Waals surface area contributed by atoms with Gasteiger partial charge in [0.1, 0.15) is 0 Å². The molecule has 0 aromatic carbocycles. The van der Waals surface area contributed by atoms with Gasteiger partial charge in [-0.25, -0.2) is 0 Å². The van der Waals surface area contributed by atoms with Crippen molar-refractivity contribution in [2.75, 3.05) is 12.0 Å². The van der Waals surface area contributed by atoms with Gasteiger partial charge < -0.3 is 4.90 Å². The maximum Gasteiger partial charge on any atom is 0.241 e. The van der Waals surface area contributed by atoms with Crippen LogP contribution in [0, 0.1) is 0 Å². The Morgan fingerprint density at radius 1 is 1.50 bits per heavy atom. The van der Waals surface area contributed by atoms with Crippen molar-refractivity contribution in [3.8, 4) is 0 Å². The monoisotopic (exact) mass is 274 g/mol. The number of unbranched alkanes of at least 4 members (excludes halogenated alkanes) is 1. The van der Waals surface area contributed by atoms with E-state index in [9.17, 15) is 9.00 Å². The molecule has 1 aliphatic rings. The molecule has 5 heteroatoms. The number of rotatable bonds is 7. The molecule has 1 heterocycles. The summed E-state index contributed by atoms with van der Waals surface area (Å²) in [6.07, 6.45) is 5.73. The molecule has 1 fully saturated rings. The number of amides is 1. The number of carbonyl (C=O) groups excluding carboxylic acids is 1. The van der Waals surface area contributed by atoms with Crippen LogP contribution in [0.4, 0.5) is 0 Å². The molecule has 106 valence electrons. The molecule has 1 amide bonds. The van der Waals surface area contributed by atoms with E-state index >= 15 is 0 Å². The van der Waals surface area contributed by atoms with Crippen LogP contribution in [0.5, 0.6) is 0 Å². The van der Waals surface area contributed by atoms with Crippen molar-refractivity contribution in [2.24, 2.45) is 0 Å². The lowest BCUT2D eigenvalue weighted by molar-refractivity contribution is -0.131. The van der Waals surface area contributed by atoms with Gasteiger partial charge in [-0.05, 0) is 26.7 Å². The number of hydrogen-bond acceptors (Lipinski definition) is 3. The molecule has 1 rings (SSSR count). The fourth-order valence-corrected chi connectivity index (χ4v) is 3.18. The van der Waals surface area contributed by atoms with Gasteiger partial charge in [-0.3, -0.25) is 14.3 Å². The Bertz CT molecular complexity index is 309. The Morgan fingerprint density at radius 3 is 2.72 bits per heavy atom. The third-order valence-corrected chi connectivity index (χ3v) is 4.37. The van der Waals surface area contributed by atoms with Gasteiger partial charge in [0.15, 0.2) is 0 Å². The molecular formula is C13H26N2O2S. The first-order chi connectivity index (χ1) is 8.47. The van der Waals surface area contributed by atoms with Crippen LogP contribution in [0.1, 0.15) is 46.5 Å². The second kappa shape index (κ2) is 7.24. The topological polar surface area (TPSA) is 49.4 Å². The summed E-state index contributed by atoms with van der Waals surface area (Å²) >= 11 is 0.